The predicted molar refractivity (Wildman–Crippen MR) is 93.9 cm³/mol. The zero-order chi connectivity index (χ0) is 18.8. The van der Waals surface area contributed by atoms with E-state index in [4.69, 9.17) is 4.74 Å². The lowest BCUT2D eigenvalue weighted by molar-refractivity contribution is -0.148. The van der Waals surface area contributed by atoms with E-state index in [0.29, 0.717) is 5.56 Å². The van der Waals surface area contributed by atoms with E-state index in [2.05, 4.69) is 26.6 Å². The molecule has 136 valence electrons. The molecule has 0 heterocycles. The van der Waals surface area contributed by atoms with Gasteiger partial charge < -0.3 is 15.4 Å². The van der Waals surface area contributed by atoms with Crippen molar-refractivity contribution in [1.29, 1.82) is 0 Å². The van der Waals surface area contributed by atoms with E-state index in [1.54, 1.807) is 38.1 Å². The van der Waals surface area contributed by atoms with Gasteiger partial charge in [-0.15, -0.1) is 0 Å². The molecule has 4 amide bonds. The number of urea groups is 1. The van der Waals surface area contributed by atoms with Gasteiger partial charge in [0.2, 0.25) is 0 Å². The summed E-state index contributed by atoms with van der Waals surface area (Å²) < 4.78 is 5.58. The summed E-state index contributed by atoms with van der Waals surface area (Å²) in [4.78, 5) is 46.0. The summed E-state index contributed by atoms with van der Waals surface area (Å²) in [6.45, 7) is 2.99. The number of esters is 1. The van der Waals surface area contributed by atoms with E-state index in [0.717, 1.165) is 4.47 Å². The molecule has 0 aliphatic carbocycles. The lowest BCUT2D eigenvalue weighted by atomic mass is 10.2. The highest BCUT2D eigenvalue weighted by Gasteiger charge is 2.12. The van der Waals surface area contributed by atoms with Crippen molar-refractivity contribution in [3.05, 3.63) is 34.3 Å². The Balaban J connectivity index is 2.22. The zero-order valence-corrected chi connectivity index (χ0v) is 15.5. The molecule has 9 heteroatoms. The molecule has 0 saturated carbocycles. The fourth-order valence-electron chi connectivity index (χ4n) is 1.66. The quantitative estimate of drug-likeness (QED) is 0.583. The van der Waals surface area contributed by atoms with E-state index in [1.165, 1.54) is 0 Å². The first kappa shape index (κ1) is 20.6. The third-order valence-corrected chi connectivity index (χ3v) is 3.29. The minimum atomic E-state index is -0.731. The van der Waals surface area contributed by atoms with Gasteiger partial charge in [0.15, 0.2) is 6.61 Å². The molecule has 0 unspecified atom stereocenters. The Morgan fingerprint density at radius 3 is 2.36 bits per heavy atom. The number of carbonyl (C=O) groups is 4. The Labute approximate surface area is 153 Å². The van der Waals surface area contributed by atoms with Crippen molar-refractivity contribution >= 4 is 39.7 Å². The molecular weight excluding hydrogens is 394 g/mol. The second kappa shape index (κ2) is 10.4. The largest absolute Gasteiger partial charge is 0.456 e. The first-order valence-electron chi connectivity index (χ1n) is 7.57. The number of imide groups is 1. The molecule has 1 rings (SSSR count). The van der Waals surface area contributed by atoms with Crippen LogP contribution < -0.4 is 16.0 Å². The SMILES string of the molecule is CC(C)NC(=O)NC(=O)COC(=O)CCNC(=O)c1ccc(Br)cc1. The molecule has 0 aliphatic rings. The molecule has 0 atom stereocenters. The number of benzene rings is 1. The van der Waals surface area contributed by atoms with Crippen LogP contribution in [-0.4, -0.2) is 43.0 Å². The van der Waals surface area contributed by atoms with Crippen molar-refractivity contribution in [3.8, 4) is 0 Å². The van der Waals surface area contributed by atoms with Gasteiger partial charge in [-0.25, -0.2) is 4.79 Å². The van der Waals surface area contributed by atoms with Gasteiger partial charge in [-0.05, 0) is 38.1 Å². The second-order valence-corrected chi connectivity index (χ2v) is 6.27. The van der Waals surface area contributed by atoms with Crippen LogP contribution in [0, 0.1) is 0 Å². The van der Waals surface area contributed by atoms with Gasteiger partial charge in [0.05, 0.1) is 6.42 Å². The standard InChI is InChI=1S/C16H20BrN3O5/c1-10(2)19-16(24)20-13(21)9-25-14(22)7-8-18-15(23)11-3-5-12(17)6-4-11/h3-6,10H,7-9H2,1-2H3,(H,18,23)(H2,19,20,21,24). The number of amides is 4. The minimum absolute atomic E-state index is 0.0726. The van der Waals surface area contributed by atoms with E-state index in [-0.39, 0.29) is 24.9 Å². The Hall–Kier alpha value is -2.42. The average Bonchev–Trinajstić information content (AvgIpc) is 2.52. The Morgan fingerprint density at radius 2 is 1.76 bits per heavy atom. The summed E-state index contributed by atoms with van der Waals surface area (Å²) in [6, 6.07) is 5.98. The van der Waals surface area contributed by atoms with Gasteiger partial charge in [-0.1, -0.05) is 15.9 Å². The molecule has 0 aromatic heterocycles. The van der Waals surface area contributed by atoms with Crippen LogP contribution in [0.1, 0.15) is 30.6 Å². The fourth-order valence-corrected chi connectivity index (χ4v) is 1.92. The number of hydrogen-bond acceptors (Lipinski definition) is 5. The number of ether oxygens (including phenoxy) is 1. The normalized spacial score (nSPS) is 10.1. The summed E-state index contributed by atoms with van der Waals surface area (Å²) in [7, 11) is 0. The molecular formula is C16H20BrN3O5. The van der Waals surface area contributed by atoms with Gasteiger partial charge in [0, 0.05) is 22.6 Å². The highest BCUT2D eigenvalue weighted by molar-refractivity contribution is 9.10. The number of carbonyl (C=O) groups excluding carboxylic acids is 4. The van der Waals surface area contributed by atoms with Crippen molar-refractivity contribution in [2.24, 2.45) is 0 Å². The van der Waals surface area contributed by atoms with Crippen LogP contribution in [0.5, 0.6) is 0 Å². The molecule has 1 aromatic carbocycles. The molecule has 0 bridgehead atoms. The molecule has 8 nitrogen and oxygen atoms in total. The third kappa shape index (κ3) is 8.85. The Bertz CT molecular complexity index is 631. The maximum absolute atomic E-state index is 11.8. The van der Waals surface area contributed by atoms with Crippen LogP contribution in [0.2, 0.25) is 0 Å². The molecule has 0 fully saturated rings. The summed E-state index contributed by atoms with van der Waals surface area (Å²) in [5.41, 5.74) is 0.465. The van der Waals surface area contributed by atoms with Crippen molar-refractivity contribution in [1.82, 2.24) is 16.0 Å². The van der Waals surface area contributed by atoms with Gasteiger partial charge in [-0.3, -0.25) is 19.7 Å². The van der Waals surface area contributed by atoms with Crippen LogP contribution in [-0.2, 0) is 14.3 Å². The van der Waals surface area contributed by atoms with E-state index >= 15 is 0 Å². The molecule has 25 heavy (non-hydrogen) atoms. The van der Waals surface area contributed by atoms with Crippen LogP contribution in [0.3, 0.4) is 0 Å². The van der Waals surface area contributed by atoms with Gasteiger partial charge in [-0.2, -0.15) is 0 Å². The molecule has 0 radical (unpaired) electrons. The summed E-state index contributed by atoms with van der Waals surface area (Å²) in [5, 5.41) is 7.06. The monoisotopic (exact) mass is 413 g/mol. The van der Waals surface area contributed by atoms with E-state index in [9.17, 15) is 19.2 Å². The number of hydrogen-bond donors (Lipinski definition) is 3. The van der Waals surface area contributed by atoms with E-state index in [1.807, 2.05) is 5.32 Å². The first-order valence-corrected chi connectivity index (χ1v) is 8.37. The second-order valence-electron chi connectivity index (χ2n) is 5.35. The van der Waals surface area contributed by atoms with Gasteiger partial charge in [0.25, 0.3) is 11.8 Å². The highest BCUT2D eigenvalue weighted by atomic mass is 79.9. The van der Waals surface area contributed by atoms with Gasteiger partial charge in [0.1, 0.15) is 0 Å². The van der Waals surface area contributed by atoms with Crippen molar-refractivity contribution in [2.45, 2.75) is 26.3 Å². The van der Waals surface area contributed by atoms with E-state index < -0.39 is 24.5 Å². The first-order chi connectivity index (χ1) is 11.8. The molecule has 1 aromatic rings. The predicted octanol–water partition coefficient (Wildman–Crippen LogP) is 1.35. The number of nitrogens with one attached hydrogen (secondary N) is 3. The average molecular weight is 414 g/mol. The van der Waals surface area contributed by atoms with Crippen LogP contribution in [0.25, 0.3) is 0 Å². The number of rotatable bonds is 7. The van der Waals surface area contributed by atoms with Crippen molar-refractivity contribution < 1.29 is 23.9 Å². The highest BCUT2D eigenvalue weighted by Crippen LogP contribution is 2.10. The lowest BCUT2D eigenvalue weighted by Gasteiger charge is -2.09. The topological polar surface area (TPSA) is 114 Å². The third-order valence-electron chi connectivity index (χ3n) is 2.76. The zero-order valence-electron chi connectivity index (χ0n) is 13.9. The summed E-state index contributed by atoms with van der Waals surface area (Å²) >= 11 is 3.27. The Morgan fingerprint density at radius 1 is 1.12 bits per heavy atom. The van der Waals surface area contributed by atoms with Crippen molar-refractivity contribution in [3.63, 3.8) is 0 Å². The summed E-state index contributed by atoms with van der Waals surface area (Å²) in [5.74, 6) is -1.70. The Kier molecular flexibility index (Phi) is 8.62. The fraction of sp³-hybridized carbons (Fsp3) is 0.375. The van der Waals surface area contributed by atoms with Gasteiger partial charge >= 0.3 is 12.0 Å². The van der Waals surface area contributed by atoms with Crippen LogP contribution in [0.4, 0.5) is 4.79 Å². The van der Waals surface area contributed by atoms with Crippen molar-refractivity contribution in [2.75, 3.05) is 13.2 Å². The summed E-state index contributed by atoms with van der Waals surface area (Å²) in [6.07, 6.45) is -0.0895. The maximum Gasteiger partial charge on any atom is 0.321 e. The molecule has 0 aliphatic heterocycles. The molecule has 0 spiro atoms. The molecule has 3 N–H and O–H groups in total. The minimum Gasteiger partial charge on any atom is -0.456 e. The lowest BCUT2D eigenvalue weighted by Crippen LogP contribution is -2.44. The smallest absolute Gasteiger partial charge is 0.321 e. The maximum atomic E-state index is 11.8. The van der Waals surface area contributed by atoms with Crippen LogP contribution >= 0.6 is 15.9 Å². The number of halogens is 1. The molecule has 0 saturated heterocycles. The van der Waals surface area contributed by atoms with Crippen LogP contribution in [0.15, 0.2) is 28.7 Å².